The average molecular weight is 447 g/mol. The molecule has 1 aromatic heterocycles. The molecule has 0 saturated carbocycles. The molecule has 0 fully saturated rings. The highest BCUT2D eigenvalue weighted by atomic mass is 32.1. The van der Waals surface area contributed by atoms with Crippen LogP contribution in [-0.2, 0) is 20.8 Å². The summed E-state index contributed by atoms with van der Waals surface area (Å²) in [6.07, 6.45) is -0.586. The lowest BCUT2D eigenvalue weighted by molar-refractivity contribution is -0.128. The minimum absolute atomic E-state index is 0.0776. The lowest BCUT2D eigenvalue weighted by Crippen LogP contribution is -2.34. The summed E-state index contributed by atoms with van der Waals surface area (Å²) < 4.78 is 9.87. The summed E-state index contributed by atoms with van der Waals surface area (Å²) in [4.78, 5) is 49.1. The second-order valence-corrected chi connectivity index (χ2v) is 8.79. The monoisotopic (exact) mass is 446 g/mol. The van der Waals surface area contributed by atoms with Crippen LogP contribution in [0.15, 0.2) is 36.4 Å². The minimum atomic E-state index is -0.648. The number of carbonyl (C=O) groups is 4. The molecule has 0 aliphatic carbocycles. The van der Waals surface area contributed by atoms with Crippen molar-refractivity contribution in [3.8, 4) is 0 Å². The molecule has 0 bridgehead atoms. The number of rotatable bonds is 8. The SMILES string of the molecule is CCOC(=O)Nc1ccc(C(=O)OCC(=O)c2ccc(CNC(=O)C(C)(C)C)s2)cc1. The molecule has 2 amide bonds. The number of ketones is 1. The largest absolute Gasteiger partial charge is 0.454 e. The van der Waals surface area contributed by atoms with E-state index in [0.29, 0.717) is 17.1 Å². The van der Waals surface area contributed by atoms with Crippen LogP contribution in [0.2, 0.25) is 0 Å². The van der Waals surface area contributed by atoms with E-state index in [-0.39, 0.29) is 23.9 Å². The van der Waals surface area contributed by atoms with Gasteiger partial charge in [0, 0.05) is 16.0 Å². The molecular formula is C22H26N2O6S. The molecule has 0 aliphatic rings. The van der Waals surface area contributed by atoms with E-state index in [1.54, 1.807) is 19.1 Å². The number of nitrogens with one attached hydrogen (secondary N) is 2. The normalized spacial score (nSPS) is 10.8. The molecule has 0 unspecified atom stereocenters. The predicted octanol–water partition coefficient (Wildman–Crippen LogP) is 4.02. The number of hydrogen-bond acceptors (Lipinski definition) is 7. The van der Waals surface area contributed by atoms with E-state index >= 15 is 0 Å². The van der Waals surface area contributed by atoms with Gasteiger partial charge in [0.15, 0.2) is 6.61 Å². The molecule has 9 heteroatoms. The Balaban J connectivity index is 1.84. The van der Waals surface area contributed by atoms with Crippen molar-refractivity contribution in [3.63, 3.8) is 0 Å². The quantitative estimate of drug-likeness (QED) is 0.468. The number of benzene rings is 1. The van der Waals surface area contributed by atoms with Crippen molar-refractivity contribution < 1.29 is 28.7 Å². The number of thiophene rings is 1. The van der Waals surface area contributed by atoms with Crippen molar-refractivity contribution >= 4 is 40.8 Å². The number of esters is 1. The number of ether oxygens (including phenoxy) is 2. The fourth-order valence-corrected chi connectivity index (χ4v) is 3.19. The van der Waals surface area contributed by atoms with Crippen LogP contribution in [0.25, 0.3) is 0 Å². The third-order valence-corrected chi connectivity index (χ3v) is 5.14. The van der Waals surface area contributed by atoms with E-state index in [2.05, 4.69) is 10.6 Å². The summed E-state index contributed by atoms with van der Waals surface area (Å²) in [6.45, 7) is 7.36. The van der Waals surface area contributed by atoms with E-state index in [9.17, 15) is 19.2 Å². The summed E-state index contributed by atoms with van der Waals surface area (Å²) in [6, 6.07) is 9.44. The highest BCUT2D eigenvalue weighted by molar-refractivity contribution is 7.14. The van der Waals surface area contributed by atoms with Gasteiger partial charge in [-0.05, 0) is 43.3 Å². The average Bonchev–Trinajstić information content (AvgIpc) is 3.19. The predicted molar refractivity (Wildman–Crippen MR) is 117 cm³/mol. The first-order valence-corrected chi connectivity index (χ1v) is 10.5. The molecule has 1 aromatic carbocycles. The van der Waals surface area contributed by atoms with Crippen LogP contribution >= 0.6 is 11.3 Å². The van der Waals surface area contributed by atoms with Gasteiger partial charge >= 0.3 is 12.1 Å². The van der Waals surface area contributed by atoms with Crippen LogP contribution in [0.3, 0.4) is 0 Å². The smallest absolute Gasteiger partial charge is 0.411 e. The van der Waals surface area contributed by atoms with Gasteiger partial charge in [-0.1, -0.05) is 20.8 Å². The lowest BCUT2D eigenvalue weighted by atomic mass is 9.96. The number of hydrogen-bond donors (Lipinski definition) is 2. The summed E-state index contributed by atoms with van der Waals surface area (Å²) in [5.41, 5.74) is 0.228. The molecule has 166 valence electrons. The molecule has 0 atom stereocenters. The molecule has 31 heavy (non-hydrogen) atoms. The van der Waals surface area contributed by atoms with Crippen molar-refractivity contribution in [2.24, 2.45) is 5.41 Å². The van der Waals surface area contributed by atoms with Crippen molar-refractivity contribution in [1.82, 2.24) is 5.32 Å². The second kappa shape index (κ2) is 10.7. The van der Waals surface area contributed by atoms with Gasteiger partial charge in [-0.25, -0.2) is 9.59 Å². The molecule has 1 heterocycles. The molecule has 2 aromatic rings. The van der Waals surface area contributed by atoms with E-state index in [1.165, 1.54) is 35.6 Å². The van der Waals surface area contributed by atoms with Gasteiger partial charge in [-0.15, -0.1) is 11.3 Å². The van der Waals surface area contributed by atoms with Gasteiger partial charge in [0.1, 0.15) is 0 Å². The third kappa shape index (κ3) is 7.53. The van der Waals surface area contributed by atoms with E-state index < -0.39 is 24.1 Å². The highest BCUT2D eigenvalue weighted by Crippen LogP contribution is 2.19. The molecule has 0 radical (unpaired) electrons. The summed E-state index contributed by atoms with van der Waals surface area (Å²) in [7, 11) is 0. The Kier molecular flexibility index (Phi) is 8.32. The van der Waals surface area contributed by atoms with Crippen LogP contribution in [0.5, 0.6) is 0 Å². The number of Topliss-reactive ketones (excluding diaryl/α,β-unsaturated/α-hetero) is 1. The Morgan fingerprint density at radius 1 is 0.968 bits per heavy atom. The first-order chi connectivity index (χ1) is 14.6. The van der Waals surface area contributed by atoms with Gasteiger partial charge in [0.2, 0.25) is 11.7 Å². The fourth-order valence-electron chi connectivity index (χ4n) is 2.32. The Hall–Kier alpha value is -3.20. The standard InChI is InChI=1S/C22H26N2O6S/c1-5-29-21(28)24-15-8-6-14(7-9-15)19(26)30-13-17(25)18-11-10-16(31-18)12-23-20(27)22(2,3)4/h6-11H,5,12-13H2,1-4H3,(H,23,27)(H,24,28). The minimum Gasteiger partial charge on any atom is -0.454 e. The maximum absolute atomic E-state index is 12.3. The first-order valence-electron chi connectivity index (χ1n) is 9.71. The van der Waals surface area contributed by atoms with E-state index in [1.807, 2.05) is 20.8 Å². The van der Waals surface area contributed by atoms with Crippen LogP contribution in [0.4, 0.5) is 10.5 Å². The maximum Gasteiger partial charge on any atom is 0.411 e. The molecule has 0 saturated heterocycles. The summed E-state index contributed by atoms with van der Waals surface area (Å²) >= 11 is 1.25. The zero-order valence-corrected chi connectivity index (χ0v) is 18.8. The topological polar surface area (TPSA) is 111 Å². The summed E-state index contributed by atoms with van der Waals surface area (Å²) in [5, 5.41) is 5.34. The van der Waals surface area contributed by atoms with Gasteiger partial charge in [0.05, 0.1) is 23.6 Å². The number of amides is 2. The van der Waals surface area contributed by atoms with E-state index in [0.717, 1.165) is 4.88 Å². The van der Waals surface area contributed by atoms with Crippen LogP contribution in [-0.4, -0.2) is 37.0 Å². The maximum atomic E-state index is 12.3. The molecule has 2 N–H and O–H groups in total. The molecule has 8 nitrogen and oxygen atoms in total. The Morgan fingerprint density at radius 2 is 1.65 bits per heavy atom. The Labute approximate surface area is 184 Å². The molecule has 2 rings (SSSR count). The van der Waals surface area contributed by atoms with Crippen LogP contribution in [0.1, 0.15) is 52.6 Å². The van der Waals surface area contributed by atoms with Gasteiger partial charge in [-0.2, -0.15) is 0 Å². The third-order valence-electron chi connectivity index (χ3n) is 4.02. The van der Waals surface area contributed by atoms with Crippen LogP contribution in [0, 0.1) is 5.41 Å². The van der Waals surface area contributed by atoms with Gasteiger partial charge in [-0.3, -0.25) is 14.9 Å². The van der Waals surface area contributed by atoms with E-state index in [4.69, 9.17) is 9.47 Å². The van der Waals surface area contributed by atoms with Gasteiger partial charge < -0.3 is 14.8 Å². The first kappa shape index (κ1) is 24.1. The molecule has 0 spiro atoms. The Bertz CT molecular complexity index is 944. The second-order valence-electron chi connectivity index (χ2n) is 7.62. The van der Waals surface area contributed by atoms with Crippen molar-refractivity contribution in [1.29, 1.82) is 0 Å². The summed E-state index contributed by atoms with van der Waals surface area (Å²) in [5.74, 6) is -1.05. The molecule has 0 aliphatic heterocycles. The zero-order valence-electron chi connectivity index (χ0n) is 17.9. The van der Waals surface area contributed by atoms with Crippen molar-refractivity contribution in [2.75, 3.05) is 18.5 Å². The van der Waals surface area contributed by atoms with Crippen molar-refractivity contribution in [2.45, 2.75) is 34.2 Å². The van der Waals surface area contributed by atoms with Crippen LogP contribution < -0.4 is 10.6 Å². The van der Waals surface area contributed by atoms with Gasteiger partial charge in [0.25, 0.3) is 0 Å². The fraction of sp³-hybridized carbons (Fsp3) is 0.364. The molecular weight excluding hydrogens is 420 g/mol. The number of anilines is 1. The van der Waals surface area contributed by atoms with Crippen molar-refractivity contribution in [3.05, 3.63) is 51.7 Å². The Morgan fingerprint density at radius 3 is 2.26 bits per heavy atom. The highest BCUT2D eigenvalue weighted by Gasteiger charge is 2.21. The number of carbonyl (C=O) groups excluding carboxylic acids is 4. The lowest BCUT2D eigenvalue weighted by Gasteiger charge is -2.17. The zero-order chi connectivity index (χ0) is 23.0.